The molecule has 2 rings (SSSR count). The second-order valence-corrected chi connectivity index (χ2v) is 6.09. The van der Waals surface area contributed by atoms with Gasteiger partial charge in [0.05, 0.1) is 5.56 Å². The molecule has 1 N–H and O–H groups in total. The van der Waals surface area contributed by atoms with Gasteiger partial charge in [0, 0.05) is 12.6 Å². The summed E-state index contributed by atoms with van der Waals surface area (Å²) in [6.45, 7) is 10.8. The number of hydrogen-bond acceptors (Lipinski definition) is 3. The predicted molar refractivity (Wildman–Crippen MR) is 79.9 cm³/mol. The SMILES string of the molecule is Cc1cc(C(=O)N(CC2CCCNC2)C(C)C)c(C)o1. The number of nitrogens with one attached hydrogen (secondary N) is 1. The maximum atomic E-state index is 12.7. The van der Waals surface area contributed by atoms with Gasteiger partial charge in [-0.05, 0) is 65.6 Å². The molecule has 2 heterocycles. The van der Waals surface area contributed by atoms with E-state index >= 15 is 0 Å². The smallest absolute Gasteiger partial charge is 0.257 e. The second-order valence-electron chi connectivity index (χ2n) is 6.09. The first-order valence-electron chi connectivity index (χ1n) is 7.57. The van der Waals surface area contributed by atoms with Crippen molar-refractivity contribution in [3.05, 3.63) is 23.2 Å². The van der Waals surface area contributed by atoms with E-state index in [0.717, 1.165) is 31.2 Å². The third kappa shape index (κ3) is 3.42. The van der Waals surface area contributed by atoms with E-state index in [9.17, 15) is 4.79 Å². The van der Waals surface area contributed by atoms with Crippen LogP contribution in [0.15, 0.2) is 10.5 Å². The van der Waals surface area contributed by atoms with E-state index in [-0.39, 0.29) is 11.9 Å². The third-order valence-electron chi connectivity index (χ3n) is 4.01. The molecule has 0 spiro atoms. The van der Waals surface area contributed by atoms with Crippen molar-refractivity contribution < 1.29 is 9.21 Å². The zero-order valence-electron chi connectivity index (χ0n) is 13.0. The summed E-state index contributed by atoms with van der Waals surface area (Å²) in [6.07, 6.45) is 2.40. The molecule has 4 heteroatoms. The normalized spacial score (nSPS) is 19.4. The molecule has 20 heavy (non-hydrogen) atoms. The van der Waals surface area contributed by atoms with Crippen LogP contribution in [0.2, 0.25) is 0 Å². The fourth-order valence-electron chi connectivity index (χ4n) is 2.88. The summed E-state index contributed by atoms with van der Waals surface area (Å²) in [5.74, 6) is 2.18. The largest absolute Gasteiger partial charge is 0.466 e. The van der Waals surface area contributed by atoms with Crippen molar-refractivity contribution in [2.45, 2.75) is 46.6 Å². The third-order valence-corrected chi connectivity index (χ3v) is 4.01. The first-order chi connectivity index (χ1) is 9.49. The molecule has 1 unspecified atom stereocenters. The van der Waals surface area contributed by atoms with E-state index in [0.29, 0.717) is 11.5 Å². The van der Waals surface area contributed by atoms with Crippen LogP contribution in [0, 0.1) is 19.8 Å². The van der Waals surface area contributed by atoms with Crippen LogP contribution in [-0.2, 0) is 0 Å². The summed E-state index contributed by atoms with van der Waals surface area (Å²) < 4.78 is 5.50. The molecule has 0 radical (unpaired) electrons. The van der Waals surface area contributed by atoms with Gasteiger partial charge >= 0.3 is 0 Å². The van der Waals surface area contributed by atoms with Gasteiger partial charge in [0.1, 0.15) is 11.5 Å². The highest BCUT2D eigenvalue weighted by Crippen LogP contribution is 2.20. The minimum atomic E-state index is 0.0972. The van der Waals surface area contributed by atoms with Crippen LogP contribution in [0.1, 0.15) is 48.6 Å². The van der Waals surface area contributed by atoms with Crippen LogP contribution < -0.4 is 5.32 Å². The van der Waals surface area contributed by atoms with Crippen molar-refractivity contribution in [3.8, 4) is 0 Å². The second kappa shape index (κ2) is 6.44. The Morgan fingerprint density at radius 2 is 2.25 bits per heavy atom. The quantitative estimate of drug-likeness (QED) is 0.921. The van der Waals surface area contributed by atoms with E-state index in [1.807, 2.05) is 24.8 Å². The van der Waals surface area contributed by atoms with Crippen molar-refractivity contribution in [2.24, 2.45) is 5.92 Å². The fourth-order valence-corrected chi connectivity index (χ4v) is 2.88. The number of carbonyl (C=O) groups is 1. The Morgan fingerprint density at radius 1 is 1.50 bits per heavy atom. The minimum Gasteiger partial charge on any atom is -0.466 e. The van der Waals surface area contributed by atoms with E-state index in [1.165, 1.54) is 12.8 Å². The molecule has 0 saturated carbocycles. The molecular formula is C16H26N2O2. The van der Waals surface area contributed by atoms with Gasteiger partial charge in [-0.1, -0.05) is 0 Å². The molecule has 1 saturated heterocycles. The van der Waals surface area contributed by atoms with Crippen LogP contribution in [0.4, 0.5) is 0 Å². The van der Waals surface area contributed by atoms with Crippen molar-refractivity contribution in [1.82, 2.24) is 10.2 Å². The fraction of sp³-hybridized carbons (Fsp3) is 0.688. The molecule has 112 valence electrons. The van der Waals surface area contributed by atoms with Gasteiger partial charge in [0.15, 0.2) is 0 Å². The summed E-state index contributed by atoms with van der Waals surface area (Å²) >= 11 is 0. The average molecular weight is 278 g/mol. The van der Waals surface area contributed by atoms with Crippen molar-refractivity contribution in [2.75, 3.05) is 19.6 Å². The Labute approximate surface area is 121 Å². The Hall–Kier alpha value is -1.29. The molecule has 1 aromatic rings. The Bertz CT molecular complexity index is 459. The van der Waals surface area contributed by atoms with Gasteiger partial charge in [-0.2, -0.15) is 0 Å². The van der Waals surface area contributed by atoms with Gasteiger partial charge in [0.25, 0.3) is 5.91 Å². The summed E-state index contributed by atoms with van der Waals surface area (Å²) in [7, 11) is 0. The van der Waals surface area contributed by atoms with Crippen molar-refractivity contribution in [3.63, 3.8) is 0 Å². The molecule has 0 bridgehead atoms. The first-order valence-corrected chi connectivity index (χ1v) is 7.57. The highest BCUT2D eigenvalue weighted by molar-refractivity contribution is 5.95. The van der Waals surface area contributed by atoms with Gasteiger partial charge in [-0.3, -0.25) is 4.79 Å². The number of furan rings is 1. The highest BCUT2D eigenvalue weighted by atomic mass is 16.3. The molecular weight excluding hydrogens is 252 g/mol. The van der Waals surface area contributed by atoms with Crippen LogP contribution in [0.25, 0.3) is 0 Å². The lowest BCUT2D eigenvalue weighted by molar-refractivity contribution is 0.0659. The van der Waals surface area contributed by atoms with Gasteiger partial charge in [-0.15, -0.1) is 0 Å². The summed E-state index contributed by atoms with van der Waals surface area (Å²) in [6, 6.07) is 2.06. The van der Waals surface area contributed by atoms with Gasteiger partial charge in [0.2, 0.25) is 0 Å². The monoisotopic (exact) mass is 278 g/mol. The molecule has 1 aliphatic heterocycles. The molecule has 4 nitrogen and oxygen atoms in total. The highest BCUT2D eigenvalue weighted by Gasteiger charge is 2.26. The van der Waals surface area contributed by atoms with Crippen LogP contribution >= 0.6 is 0 Å². The summed E-state index contributed by atoms with van der Waals surface area (Å²) in [4.78, 5) is 14.7. The Kier molecular flexibility index (Phi) is 4.86. The number of nitrogens with zero attached hydrogens (tertiary/aromatic N) is 1. The topological polar surface area (TPSA) is 45.5 Å². The Morgan fingerprint density at radius 3 is 2.75 bits per heavy atom. The van der Waals surface area contributed by atoms with Crippen LogP contribution in [0.5, 0.6) is 0 Å². The lowest BCUT2D eigenvalue weighted by Crippen LogP contribution is -2.44. The van der Waals surface area contributed by atoms with E-state index in [1.54, 1.807) is 0 Å². The van der Waals surface area contributed by atoms with E-state index in [2.05, 4.69) is 19.2 Å². The molecule has 0 aliphatic carbocycles. The summed E-state index contributed by atoms with van der Waals surface area (Å²) in [5, 5.41) is 3.42. The van der Waals surface area contributed by atoms with Gasteiger partial charge in [-0.25, -0.2) is 0 Å². The molecule has 0 aromatic carbocycles. The number of aryl methyl sites for hydroxylation is 2. The predicted octanol–water partition coefficient (Wildman–Crippen LogP) is 2.75. The molecule has 1 aromatic heterocycles. The number of rotatable bonds is 4. The number of piperidine rings is 1. The van der Waals surface area contributed by atoms with E-state index in [4.69, 9.17) is 4.42 Å². The van der Waals surface area contributed by atoms with Crippen LogP contribution in [0.3, 0.4) is 0 Å². The van der Waals surface area contributed by atoms with Crippen molar-refractivity contribution in [1.29, 1.82) is 0 Å². The number of carbonyl (C=O) groups excluding carboxylic acids is 1. The van der Waals surface area contributed by atoms with E-state index < -0.39 is 0 Å². The first kappa shape index (κ1) is 15.1. The lowest BCUT2D eigenvalue weighted by Gasteiger charge is -2.32. The number of hydrogen-bond donors (Lipinski definition) is 1. The maximum absolute atomic E-state index is 12.7. The zero-order chi connectivity index (χ0) is 14.7. The standard InChI is InChI=1S/C16H26N2O2/c1-11(2)18(10-14-6-5-7-17-9-14)16(19)15-8-12(3)20-13(15)4/h8,11,14,17H,5-7,9-10H2,1-4H3. The minimum absolute atomic E-state index is 0.0972. The maximum Gasteiger partial charge on any atom is 0.257 e. The van der Waals surface area contributed by atoms with Crippen molar-refractivity contribution >= 4 is 5.91 Å². The lowest BCUT2D eigenvalue weighted by atomic mass is 9.98. The summed E-state index contributed by atoms with van der Waals surface area (Å²) in [5.41, 5.74) is 0.708. The molecule has 1 aliphatic rings. The zero-order valence-corrected chi connectivity index (χ0v) is 13.0. The molecule has 1 amide bonds. The molecule has 1 atom stereocenters. The number of amides is 1. The van der Waals surface area contributed by atoms with Gasteiger partial charge < -0.3 is 14.6 Å². The van der Waals surface area contributed by atoms with Crippen LogP contribution in [-0.4, -0.2) is 36.5 Å². The average Bonchev–Trinajstić information content (AvgIpc) is 2.75. The Balaban J connectivity index is 2.11. The molecule has 1 fully saturated rings.